The number of nitrogens with zero attached hydrogens (tertiary/aromatic N) is 1. The Bertz CT molecular complexity index is 929. The quantitative estimate of drug-likeness (QED) is 0.822. The van der Waals surface area contributed by atoms with Crippen LogP contribution in [0.15, 0.2) is 47.4 Å². The summed E-state index contributed by atoms with van der Waals surface area (Å²) in [6, 6.07) is 13.0. The molecule has 2 aliphatic rings. The van der Waals surface area contributed by atoms with Crippen molar-refractivity contribution in [1.29, 1.82) is 0 Å². The number of ether oxygens (including phenoxy) is 1. The van der Waals surface area contributed by atoms with Crippen LogP contribution in [0.2, 0.25) is 0 Å². The Balaban J connectivity index is 1.41. The largest absolute Gasteiger partial charge is 0.492 e. The van der Waals surface area contributed by atoms with Gasteiger partial charge in [-0.05, 0) is 30.7 Å². The van der Waals surface area contributed by atoms with Crippen molar-refractivity contribution < 1.29 is 17.4 Å². The maximum absolute atomic E-state index is 12.3. The molecule has 0 spiro atoms. The van der Waals surface area contributed by atoms with Crippen LogP contribution in [0, 0.1) is 6.92 Å². The Morgan fingerprint density at radius 3 is 2.50 bits per heavy atom. The highest BCUT2D eigenvalue weighted by molar-refractivity contribution is 7.86. The van der Waals surface area contributed by atoms with E-state index in [1.807, 2.05) is 6.92 Å². The molecule has 2 aliphatic heterocycles. The Kier molecular flexibility index (Phi) is 4.10. The van der Waals surface area contributed by atoms with E-state index in [0.29, 0.717) is 19.7 Å². The molecular formula is C20H23NO4S. The van der Waals surface area contributed by atoms with Crippen LogP contribution in [0.1, 0.15) is 36.5 Å². The van der Waals surface area contributed by atoms with Crippen molar-refractivity contribution in [2.45, 2.75) is 37.0 Å². The smallest absolute Gasteiger partial charge is 0.313 e. The molecule has 1 saturated heterocycles. The van der Waals surface area contributed by atoms with Gasteiger partial charge >= 0.3 is 10.1 Å². The zero-order valence-electron chi connectivity index (χ0n) is 15.2. The van der Waals surface area contributed by atoms with Crippen molar-refractivity contribution in [2.24, 2.45) is 0 Å². The SMILES string of the molecule is Cc1ccc(S(=O)(=O)ON2CC(c3ccc4c(c3)OCC4(C)C)C2)cc1. The van der Waals surface area contributed by atoms with Crippen LogP contribution in [0.4, 0.5) is 0 Å². The molecule has 5 nitrogen and oxygen atoms in total. The summed E-state index contributed by atoms with van der Waals surface area (Å²) in [5.41, 5.74) is 3.45. The molecule has 0 N–H and O–H groups in total. The normalized spacial score (nSPS) is 19.7. The summed E-state index contributed by atoms with van der Waals surface area (Å²) in [4.78, 5) is 0.180. The van der Waals surface area contributed by atoms with E-state index in [-0.39, 0.29) is 16.2 Å². The first-order valence-corrected chi connectivity index (χ1v) is 10.2. The Morgan fingerprint density at radius 2 is 1.81 bits per heavy atom. The highest BCUT2D eigenvalue weighted by atomic mass is 32.2. The monoisotopic (exact) mass is 373 g/mol. The number of aryl methyl sites for hydroxylation is 1. The number of rotatable bonds is 4. The van der Waals surface area contributed by atoms with Gasteiger partial charge in [-0.15, -0.1) is 0 Å². The van der Waals surface area contributed by atoms with Crippen LogP contribution in [0.5, 0.6) is 5.75 Å². The van der Waals surface area contributed by atoms with E-state index in [1.54, 1.807) is 24.3 Å². The second-order valence-corrected chi connectivity index (χ2v) is 9.34. The predicted octanol–water partition coefficient (Wildman–Crippen LogP) is 3.38. The van der Waals surface area contributed by atoms with Gasteiger partial charge in [0.05, 0.1) is 11.5 Å². The molecule has 26 heavy (non-hydrogen) atoms. The average Bonchev–Trinajstić information content (AvgIpc) is 2.86. The van der Waals surface area contributed by atoms with E-state index >= 15 is 0 Å². The Hall–Kier alpha value is -1.89. The first-order chi connectivity index (χ1) is 12.2. The minimum absolute atomic E-state index is 0.0464. The average molecular weight is 373 g/mol. The number of hydroxylamine groups is 2. The first-order valence-electron chi connectivity index (χ1n) is 8.78. The molecule has 1 fully saturated rings. The van der Waals surface area contributed by atoms with Crippen LogP contribution >= 0.6 is 0 Å². The molecule has 2 aromatic rings. The summed E-state index contributed by atoms with van der Waals surface area (Å²) in [5.74, 6) is 1.19. The van der Waals surface area contributed by atoms with Gasteiger partial charge in [0.15, 0.2) is 0 Å². The topological polar surface area (TPSA) is 55.8 Å². The van der Waals surface area contributed by atoms with Gasteiger partial charge in [0, 0.05) is 30.0 Å². The molecule has 4 rings (SSSR count). The molecule has 0 radical (unpaired) electrons. The van der Waals surface area contributed by atoms with Crippen LogP contribution in [-0.4, -0.2) is 33.2 Å². The summed E-state index contributed by atoms with van der Waals surface area (Å²) >= 11 is 0. The van der Waals surface area contributed by atoms with Gasteiger partial charge in [-0.3, -0.25) is 0 Å². The second-order valence-electron chi connectivity index (χ2n) is 7.81. The van der Waals surface area contributed by atoms with E-state index < -0.39 is 10.1 Å². The van der Waals surface area contributed by atoms with E-state index in [9.17, 15) is 8.42 Å². The van der Waals surface area contributed by atoms with Gasteiger partial charge in [-0.25, -0.2) is 0 Å². The molecule has 0 unspecified atom stereocenters. The van der Waals surface area contributed by atoms with E-state index in [2.05, 4.69) is 32.0 Å². The number of hydrogen-bond acceptors (Lipinski definition) is 5. The lowest BCUT2D eigenvalue weighted by Crippen LogP contribution is -2.45. The highest BCUT2D eigenvalue weighted by Gasteiger charge is 2.36. The van der Waals surface area contributed by atoms with Gasteiger partial charge in [0.1, 0.15) is 5.75 Å². The lowest BCUT2D eigenvalue weighted by Gasteiger charge is -2.37. The van der Waals surface area contributed by atoms with Gasteiger partial charge in [-0.2, -0.15) is 17.8 Å². The summed E-state index contributed by atoms with van der Waals surface area (Å²) in [6.07, 6.45) is 0. The summed E-state index contributed by atoms with van der Waals surface area (Å²) in [5, 5.41) is 1.50. The summed E-state index contributed by atoms with van der Waals surface area (Å²) in [7, 11) is -3.77. The van der Waals surface area contributed by atoms with E-state index in [1.165, 1.54) is 10.6 Å². The van der Waals surface area contributed by atoms with Gasteiger partial charge in [0.2, 0.25) is 0 Å². The van der Waals surface area contributed by atoms with Crippen molar-refractivity contribution in [3.8, 4) is 5.75 Å². The Labute approximate surface area is 154 Å². The molecule has 2 heterocycles. The van der Waals surface area contributed by atoms with E-state index in [0.717, 1.165) is 16.9 Å². The molecular weight excluding hydrogens is 350 g/mol. The van der Waals surface area contributed by atoms with Crippen molar-refractivity contribution in [1.82, 2.24) is 5.06 Å². The molecule has 2 aromatic carbocycles. The molecule has 0 aliphatic carbocycles. The van der Waals surface area contributed by atoms with Crippen molar-refractivity contribution in [2.75, 3.05) is 19.7 Å². The van der Waals surface area contributed by atoms with Crippen LogP contribution in [0.3, 0.4) is 0 Å². The zero-order chi connectivity index (χ0) is 18.5. The number of hydrogen-bond donors (Lipinski definition) is 0. The predicted molar refractivity (Wildman–Crippen MR) is 98.7 cm³/mol. The standard InChI is InChI=1S/C20H23NO4S/c1-14-4-7-17(8-5-14)26(22,23)25-21-11-16(12-21)15-6-9-18-19(10-15)24-13-20(18,2)3/h4-10,16H,11-13H2,1-3H3. The molecule has 0 bridgehead atoms. The third kappa shape index (κ3) is 3.13. The molecule has 0 atom stereocenters. The van der Waals surface area contributed by atoms with Gasteiger partial charge in [-0.1, -0.05) is 43.7 Å². The van der Waals surface area contributed by atoms with E-state index in [4.69, 9.17) is 9.02 Å². The summed E-state index contributed by atoms with van der Waals surface area (Å²) in [6.45, 7) is 8.06. The third-order valence-corrected chi connectivity index (χ3v) is 6.41. The number of fused-ring (bicyclic) bond motifs is 1. The zero-order valence-corrected chi connectivity index (χ0v) is 16.0. The van der Waals surface area contributed by atoms with Gasteiger partial charge in [0.25, 0.3) is 0 Å². The minimum atomic E-state index is -3.77. The lowest BCUT2D eigenvalue weighted by molar-refractivity contribution is -0.114. The third-order valence-electron chi connectivity index (χ3n) is 5.16. The summed E-state index contributed by atoms with van der Waals surface area (Å²) < 4.78 is 35.7. The highest BCUT2D eigenvalue weighted by Crippen LogP contribution is 2.41. The van der Waals surface area contributed by atoms with Gasteiger partial charge < -0.3 is 4.74 Å². The molecule has 0 saturated carbocycles. The Morgan fingerprint density at radius 1 is 1.12 bits per heavy atom. The molecule has 6 heteroatoms. The maximum Gasteiger partial charge on any atom is 0.313 e. The van der Waals surface area contributed by atoms with Crippen LogP contribution in [0.25, 0.3) is 0 Å². The fourth-order valence-electron chi connectivity index (χ4n) is 3.40. The van der Waals surface area contributed by atoms with Crippen LogP contribution < -0.4 is 4.74 Å². The minimum Gasteiger partial charge on any atom is -0.492 e. The fourth-order valence-corrected chi connectivity index (χ4v) is 4.36. The maximum atomic E-state index is 12.3. The second kappa shape index (κ2) is 6.08. The lowest BCUT2D eigenvalue weighted by atomic mass is 9.84. The molecule has 0 aromatic heterocycles. The fraction of sp³-hybridized carbons (Fsp3) is 0.400. The molecule has 138 valence electrons. The van der Waals surface area contributed by atoms with Crippen molar-refractivity contribution in [3.63, 3.8) is 0 Å². The molecule has 0 amide bonds. The van der Waals surface area contributed by atoms with Crippen LogP contribution in [-0.2, 0) is 19.8 Å². The van der Waals surface area contributed by atoms with Crippen molar-refractivity contribution >= 4 is 10.1 Å². The first kappa shape index (κ1) is 17.5. The van der Waals surface area contributed by atoms with Crippen molar-refractivity contribution in [3.05, 3.63) is 59.2 Å². The number of benzene rings is 2.